The second-order valence-corrected chi connectivity index (χ2v) is 11.1. The number of rotatable bonds is 7. The van der Waals surface area contributed by atoms with E-state index in [1.807, 2.05) is 0 Å². The van der Waals surface area contributed by atoms with E-state index in [1.165, 1.54) is 19.2 Å². The minimum Gasteiger partial charge on any atom is -0.455 e. The Balaban J connectivity index is 1.50. The summed E-state index contributed by atoms with van der Waals surface area (Å²) in [6, 6.07) is 8.90. The van der Waals surface area contributed by atoms with Crippen LogP contribution in [0, 0.1) is 5.95 Å². The lowest BCUT2D eigenvalue weighted by atomic mass is 9.99. The molecule has 4 rings (SSSR count). The van der Waals surface area contributed by atoms with Gasteiger partial charge in [-0.25, -0.2) is 14.6 Å². The first-order valence-corrected chi connectivity index (χ1v) is 13.2. The van der Waals surface area contributed by atoms with Crippen molar-refractivity contribution in [3.05, 3.63) is 70.4 Å². The molecule has 0 radical (unpaired) electrons. The molecule has 0 spiro atoms. The molecule has 13 heteroatoms. The number of aliphatic hydroxyl groups is 1. The number of ketones is 1. The Hall–Kier alpha value is -4.42. The monoisotopic (exact) mass is 598 g/mol. The molecule has 2 amide bonds. The maximum atomic E-state index is 14.3. The van der Waals surface area contributed by atoms with Gasteiger partial charge in [0.15, 0.2) is 6.61 Å². The van der Waals surface area contributed by atoms with E-state index in [2.05, 4.69) is 20.6 Å². The van der Waals surface area contributed by atoms with Gasteiger partial charge in [0, 0.05) is 29.3 Å². The number of nitrogens with zero attached hydrogens (tertiary/aromatic N) is 2. The van der Waals surface area contributed by atoms with Crippen molar-refractivity contribution in [2.24, 2.45) is 0 Å². The molecule has 1 aromatic carbocycles. The van der Waals surface area contributed by atoms with Crippen molar-refractivity contribution in [3.8, 4) is 11.1 Å². The fraction of sp³-hybridized carbons (Fsp3) is 0.310. The first kappa shape index (κ1) is 30.5. The van der Waals surface area contributed by atoms with Gasteiger partial charge in [-0.1, -0.05) is 11.6 Å². The highest BCUT2D eigenvalue weighted by Crippen LogP contribution is 2.40. The average molecular weight is 599 g/mol. The SMILES string of the molecule is CC(=O)Nc1ccc(C(=O)COC(=O)C2(O)CCc3cc(-c4cc(Cl)ccc4NC(=O)OC(C)(C)C)cnc32)c(F)n1. The lowest BCUT2D eigenvalue weighted by molar-refractivity contribution is -0.165. The van der Waals surface area contributed by atoms with E-state index in [9.17, 15) is 28.7 Å². The van der Waals surface area contributed by atoms with E-state index in [1.54, 1.807) is 45.0 Å². The number of hydrogen-bond acceptors (Lipinski definition) is 9. The van der Waals surface area contributed by atoms with Crippen molar-refractivity contribution in [2.45, 2.75) is 51.7 Å². The van der Waals surface area contributed by atoms with Gasteiger partial charge in [0.05, 0.1) is 16.9 Å². The minimum atomic E-state index is -2.13. The second-order valence-electron chi connectivity index (χ2n) is 10.6. The summed E-state index contributed by atoms with van der Waals surface area (Å²) in [6.45, 7) is 5.59. The van der Waals surface area contributed by atoms with Crippen LogP contribution in [0.1, 0.15) is 55.7 Å². The molecule has 1 atom stereocenters. The Morgan fingerprint density at radius 3 is 2.52 bits per heavy atom. The summed E-state index contributed by atoms with van der Waals surface area (Å²) in [7, 11) is 0. The van der Waals surface area contributed by atoms with Crippen molar-refractivity contribution >= 4 is 46.9 Å². The van der Waals surface area contributed by atoms with Crippen LogP contribution in [0.3, 0.4) is 0 Å². The summed E-state index contributed by atoms with van der Waals surface area (Å²) in [5.74, 6) is -3.71. The fourth-order valence-corrected chi connectivity index (χ4v) is 4.52. The highest BCUT2D eigenvalue weighted by Gasteiger charge is 2.47. The van der Waals surface area contributed by atoms with Gasteiger partial charge in [-0.05, 0) is 75.6 Å². The molecule has 0 aliphatic heterocycles. The number of esters is 1. The van der Waals surface area contributed by atoms with Crippen LogP contribution in [0.2, 0.25) is 5.02 Å². The van der Waals surface area contributed by atoms with E-state index in [0.29, 0.717) is 27.4 Å². The van der Waals surface area contributed by atoms with Crippen molar-refractivity contribution in [3.63, 3.8) is 0 Å². The number of hydrogen-bond donors (Lipinski definition) is 3. The third kappa shape index (κ3) is 6.89. The lowest BCUT2D eigenvalue weighted by Crippen LogP contribution is -2.37. The molecule has 2 heterocycles. The van der Waals surface area contributed by atoms with E-state index in [4.69, 9.17) is 21.1 Å². The van der Waals surface area contributed by atoms with E-state index in [0.717, 1.165) is 6.07 Å². The normalized spacial score (nSPS) is 15.9. The van der Waals surface area contributed by atoms with Crippen LogP contribution >= 0.6 is 11.6 Å². The smallest absolute Gasteiger partial charge is 0.412 e. The zero-order valence-corrected chi connectivity index (χ0v) is 24.0. The van der Waals surface area contributed by atoms with E-state index >= 15 is 0 Å². The van der Waals surface area contributed by atoms with Gasteiger partial charge in [0.25, 0.3) is 0 Å². The molecule has 3 aromatic rings. The molecular weight excluding hydrogens is 571 g/mol. The number of nitrogens with one attached hydrogen (secondary N) is 2. The van der Waals surface area contributed by atoms with Crippen LogP contribution in [-0.4, -0.2) is 51.0 Å². The molecule has 3 N–H and O–H groups in total. The number of pyridine rings is 2. The summed E-state index contributed by atoms with van der Waals surface area (Å²) in [6.07, 6.45) is 0.947. The number of amides is 2. The zero-order chi connectivity index (χ0) is 30.8. The molecule has 2 aromatic heterocycles. The minimum absolute atomic E-state index is 0.0554. The number of aryl methyl sites for hydroxylation is 1. The van der Waals surface area contributed by atoms with E-state index < -0.39 is 53.1 Å². The molecule has 0 saturated heterocycles. The molecule has 42 heavy (non-hydrogen) atoms. The quantitative estimate of drug-likeness (QED) is 0.197. The number of ether oxygens (including phenoxy) is 2. The van der Waals surface area contributed by atoms with Crippen LogP contribution in [0.15, 0.2) is 42.6 Å². The number of aromatic nitrogens is 2. The zero-order valence-electron chi connectivity index (χ0n) is 23.2. The predicted octanol–water partition coefficient (Wildman–Crippen LogP) is 4.80. The molecule has 1 aliphatic rings. The maximum absolute atomic E-state index is 14.3. The number of benzene rings is 1. The topological polar surface area (TPSA) is 157 Å². The molecule has 0 fully saturated rings. The summed E-state index contributed by atoms with van der Waals surface area (Å²) in [5, 5.41) is 16.6. The van der Waals surface area contributed by atoms with Gasteiger partial charge in [-0.3, -0.25) is 19.9 Å². The average Bonchev–Trinajstić information content (AvgIpc) is 3.23. The summed E-state index contributed by atoms with van der Waals surface area (Å²) in [5.41, 5.74) is -1.19. The van der Waals surface area contributed by atoms with Gasteiger partial charge >= 0.3 is 12.1 Å². The van der Waals surface area contributed by atoms with Crippen LogP contribution < -0.4 is 10.6 Å². The predicted molar refractivity (Wildman–Crippen MR) is 151 cm³/mol. The first-order chi connectivity index (χ1) is 19.7. The first-order valence-electron chi connectivity index (χ1n) is 12.8. The Kier molecular flexibility index (Phi) is 8.60. The summed E-state index contributed by atoms with van der Waals surface area (Å²) in [4.78, 5) is 56.7. The highest BCUT2D eigenvalue weighted by atomic mass is 35.5. The van der Waals surface area contributed by atoms with Crippen LogP contribution in [-0.2, 0) is 31.1 Å². The summed E-state index contributed by atoms with van der Waals surface area (Å²) < 4.78 is 24.7. The van der Waals surface area contributed by atoms with Gasteiger partial charge in [-0.2, -0.15) is 4.39 Å². The van der Waals surface area contributed by atoms with Gasteiger partial charge in [0.2, 0.25) is 23.2 Å². The molecule has 1 unspecified atom stereocenters. The summed E-state index contributed by atoms with van der Waals surface area (Å²) >= 11 is 6.22. The van der Waals surface area contributed by atoms with Gasteiger partial charge in [0.1, 0.15) is 11.4 Å². The largest absolute Gasteiger partial charge is 0.455 e. The molecule has 220 valence electrons. The lowest BCUT2D eigenvalue weighted by Gasteiger charge is -2.21. The Bertz CT molecular complexity index is 1590. The highest BCUT2D eigenvalue weighted by molar-refractivity contribution is 6.31. The number of fused-ring (bicyclic) bond motifs is 1. The van der Waals surface area contributed by atoms with E-state index in [-0.39, 0.29) is 24.4 Å². The van der Waals surface area contributed by atoms with Crippen LogP contribution in [0.4, 0.5) is 20.7 Å². The number of anilines is 2. The Labute approximate surface area is 245 Å². The Morgan fingerprint density at radius 1 is 1.12 bits per heavy atom. The molecule has 11 nitrogen and oxygen atoms in total. The second kappa shape index (κ2) is 11.8. The Morgan fingerprint density at radius 2 is 1.86 bits per heavy atom. The molecule has 0 bridgehead atoms. The van der Waals surface area contributed by atoms with Crippen LogP contribution in [0.5, 0.6) is 0 Å². The van der Waals surface area contributed by atoms with Gasteiger partial charge in [-0.15, -0.1) is 0 Å². The molecular formula is C29H28ClFN4O7. The van der Waals surface area contributed by atoms with Crippen molar-refractivity contribution in [1.29, 1.82) is 0 Å². The number of carbonyl (C=O) groups excluding carboxylic acids is 4. The number of halogens is 2. The fourth-order valence-electron chi connectivity index (χ4n) is 4.35. The maximum Gasteiger partial charge on any atom is 0.412 e. The standard InChI is InChI=1S/C29H28ClFN4O7/c1-15(36)33-23-8-6-19(25(31)35-23)22(37)14-41-26(38)29(40)10-9-16-11-17(13-32-24(16)29)20-12-18(30)5-7-21(20)34-27(39)42-28(2,3)4/h5-8,11-13,40H,9-10,14H2,1-4H3,(H,34,39)(H,33,35,36). The number of Topliss-reactive ketones (excluding diaryl/α,β-unsaturated/α-hetero) is 1. The number of carbonyl (C=O) groups is 4. The van der Waals surface area contributed by atoms with Crippen molar-refractivity contribution in [1.82, 2.24) is 9.97 Å². The third-order valence-corrected chi connectivity index (χ3v) is 6.40. The van der Waals surface area contributed by atoms with Crippen molar-refractivity contribution < 1.29 is 38.1 Å². The van der Waals surface area contributed by atoms with Crippen molar-refractivity contribution in [2.75, 3.05) is 17.2 Å². The molecule has 0 saturated carbocycles. The molecule has 1 aliphatic carbocycles. The third-order valence-electron chi connectivity index (χ3n) is 6.17. The van der Waals surface area contributed by atoms with Crippen LogP contribution in [0.25, 0.3) is 11.1 Å². The van der Waals surface area contributed by atoms with Gasteiger partial charge < -0.3 is 19.9 Å².